The predicted octanol–water partition coefficient (Wildman–Crippen LogP) is 10.3. The molecule has 0 radical (unpaired) electrons. The third kappa shape index (κ3) is 7.11. The molecular formula is C44H46N2O5. The summed E-state index contributed by atoms with van der Waals surface area (Å²) in [6.45, 7) is 8.79. The Morgan fingerprint density at radius 2 is 1.31 bits per heavy atom. The minimum Gasteiger partial charge on any atom is -0.497 e. The lowest BCUT2D eigenvalue weighted by Crippen LogP contribution is -2.17. The number of nitrogens with one attached hydrogen (secondary N) is 1. The Balaban J connectivity index is 1.30. The Morgan fingerprint density at radius 1 is 0.725 bits per heavy atom. The van der Waals surface area contributed by atoms with E-state index in [0.717, 1.165) is 108 Å². The molecular weight excluding hydrogens is 636 g/mol. The molecule has 3 aromatic carbocycles. The van der Waals surface area contributed by atoms with E-state index in [-0.39, 0.29) is 6.10 Å². The van der Waals surface area contributed by atoms with E-state index in [1.807, 2.05) is 66.7 Å². The van der Waals surface area contributed by atoms with Crippen molar-refractivity contribution >= 4 is 22.7 Å². The van der Waals surface area contributed by atoms with Crippen molar-refractivity contribution in [2.45, 2.75) is 72.3 Å². The number of furan rings is 2. The van der Waals surface area contributed by atoms with Crippen LogP contribution in [0.5, 0.6) is 17.2 Å². The van der Waals surface area contributed by atoms with Gasteiger partial charge in [0.05, 0.1) is 37.2 Å². The summed E-state index contributed by atoms with van der Waals surface area (Å²) in [5, 5.41) is 0.801. The molecule has 0 aliphatic carbocycles. The predicted molar refractivity (Wildman–Crippen MR) is 204 cm³/mol. The van der Waals surface area contributed by atoms with Crippen molar-refractivity contribution in [3.63, 3.8) is 0 Å². The highest BCUT2D eigenvalue weighted by molar-refractivity contribution is 5.93. The molecule has 3 aromatic heterocycles. The molecule has 51 heavy (non-hydrogen) atoms. The zero-order valence-electron chi connectivity index (χ0n) is 30.4. The van der Waals surface area contributed by atoms with Crippen molar-refractivity contribution in [1.82, 2.24) is 4.98 Å². The van der Waals surface area contributed by atoms with Crippen LogP contribution in [-0.2, 0) is 0 Å². The molecule has 7 nitrogen and oxygen atoms in total. The average Bonchev–Trinajstić information content (AvgIpc) is 3.92. The zero-order valence-corrected chi connectivity index (χ0v) is 30.4. The van der Waals surface area contributed by atoms with Gasteiger partial charge in [-0.1, -0.05) is 39.5 Å². The Kier molecular flexibility index (Phi) is 9.89. The van der Waals surface area contributed by atoms with Gasteiger partial charge in [-0.25, -0.2) is 4.99 Å². The Bertz CT molecular complexity index is 2200. The first-order valence-electron chi connectivity index (χ1n) is 18.0. The summed E-state index contributed by atoms with van der Waals surface area (Å²) in [7, 11) is 3.33. The Morgan fingerprint density at radius 3 is 1.84 bits per heavy atom. The number of rotatable bonds is 14. The fraction of sp³-hybridized carbons (Fsp3) is 0.295. The van der Waals surface area contributed by atoms with E-state index in [9.17, 15) is 0 Å². The molecule has 4 heterocycles. The number of aromatic nitrogens is 1. The summed E-state index contributed by atoms with van der Waals surface area (Å²) < 4.78 is 30.1. The summed E-state index contributed by atoms with van der Waals surface area (Å²) >= 11 is 0. The molecule has 0 bridgehead atoms. The first-order valence-corrected chi connectivity index (χ1v) is 18.0. The van der Waals surface area contributed by atoms with Crippen molar-refractivity contribution < 1.29 is 23.0 Å². The van der Waals surface area contributed by atoms with Crippen LogP contribution in [0.2, 0.25) is 0 Å². The van der Waals surface area contributed by atoms with Gasteiger partial charge < -0.3 is 28.0 Å². The summed E-state index contributed by atoms with van der Waals surface area (Å²) in [4.78, 5) is 8.82. The van der Waals surface area contributed by atoms with E-state index in [1.165, 1.54) is 25.7 Å². The van der Waals surface area contributed by atoms with Crippen molar-refractivity contribution in [1.29, 1.82) is 0 Å². The van der Waals surface area contributed by atoms with Crippen LogP contribution in [0.1, 0.15) is 74.8 Å². The number of allylic oxidation sites excluding steroid dienone is 1. The fourth-order valence-electron chi connectivity index (χ4n) is 6.96. The van der Waals surface area contributed by atoms with Crippen LogP contribution in [0.3, 0.4) is 0 Å². The molecule has 6 aromatic rings. The zero-order chi connectivity index (χ0) is 35.5. The van der Waals surface area contributed by atoms with Gasteiger partial charge in [-0.3, -0.25) is 0 Å². The van der Waals surface area contributed by atoms with Gasteiger partial charge in [0, 0.05) is 41.0 Å². The molecule has 0 saturated carbocycles. The number of H-pyrrole nitrogens is 1. The molecule has 0 fully saturated rings. The number of aromatic amines is 1. The first-order chi connectivity index (χ1) is 24.9. The molecule has 0 amide bonds. The van der Waals surface area contributed by atoms with Crippen molar-refractivity contribution in [3.05, 3.63) is 118 Å². The highest BCUT2D eigenvalue weighted by atomic mass is 16.5. The molecule has 0 saturated heterocycles. The van der Waals surface area contributed by atoms with Crippen LogP contribution in [-0.4, -0.2) is 25.3 Å². The maximum Gasteiger partial charge on any atom is 0.155 e. The molecule has 0 atom stereocenters. The minimum atomic E-state index is 0.219. The van der Waals surface area contributed by atoms with Crippen molar-refractivity contribution in [3.8, 4) is 39.9 Å². The van der Waals surface area contributed by atoms with E-state index in [1.54, 1.807) is 14.2 Å². The third-order valence-corrected chi connectivity index (χ3v) is 9.65. The van der Waals surface area contributed by atoms with Gasteiger partial charge >= 0.3 is 0 Å². The minimum absolute atomic E-state index is 0.219. The van der Waals surface area contributed by atoms with Gasteiger partial charge in [-0.2, -0.15) is 0 Å². The first kappa shape index (κ1) is 34.0. The van der Waals surface area contributed by atoms with Crippen LogP contribution in [0, 0.1) is 13.8 Å². The average molecular weight is 683 g/mol. The number of ether oxygens (including phenoxy) is 3. The van der Waals surface area contributed by atoms with E-state index in [2.05, 4.69) is 50.9 Å². The molecule has 1 N–H and O–H groups in total. The second-order valence-corrected chi connectivity index (χ2v) is 13.4. The SMILES string of the molecule is CCCCC(CCCC)Oc1cc(C)c(/C(=C2\C=c3oc(-c4ccc(OC)cc4)cc3=N2)c2cc3oc(-c4ccc(OC)cc4)cc3[nH]2)c(C)c1. The summed E-state index contributed by atoms with van der Waals surface area (Å²) in [5.41, 5.74) is 10.4. The summed E-state index contributed by atoms with van der Waals surface area (Å²) in [6, 6.07) is 26.2. The lowest BCUT2D eigenvalue weighted by molar-refractivity contribution is 0.174. The van der Waals surface area contributed by atoms with Crippen molar-refractivity contribution in [2.24, 2.45) is 4.99 Å². The number of hydrogen-bond donors (Lipinski definition) is 1. The Hall–Kier alpha value is -5.43. The smallest absolute Gasteiger partial charge is 0.155 e. The molecule has 0 unspecified atom stereocenters. The van der Waals surface area contributed by atoms with Gasteiger partial charge in [0.25, 0.3) is 0 Å². The van der Waals surface area contributed by atoms with Gasteiger partial charge in [-0.15, -0.1) is 0 Å². The number of nitrogens with zero attached hydrogens (tertiary/aromatic N) is 1. The molecule has 7 rings (SSSR count). The number of methoxy groups -OCH3 is 2. The largest absolute Gasteiger partial charge is 0.497 e. The van der Waals surface area contributed by atoms with Gasteiger partial charge in [0.2, 0.25) is 0 Å². The number of unbranched alkanes of at least 4 members (excludes halogenated alkanes) is 2. The topological polar surface area (TPSA) is 82.1 Å². The summed E-state index contributed by atoms with van der Waals surface area (Å²) in [5.74, 6) is 4.08. The van der Waals surface area contributed by atoms with Crippen LogP contribution in [0.4, 0.5) is 0 Å². The van der Waals surface area contributed by atoms with Crippen LogP contribution >= 0.6 is 0 Å². The number of aryl methyl sites for hydroxylation is 2. The van der Waals surface area contributed by atoms with Gasteiger partial charge in [0.1, 0.15) is 34.1 Å². The molecule has 0 spiro atoms. The lowest BCUT2D eigenvalue weighted by atomic mass is 9.91. The quantitative estimate of drug-likeness (QED) is 0.124. The van der Waals surface area contributed by atoms with Gasteiger partial charge in [0.15, 0.2) is 11.0 Å². The fourth-order valence-corrected chi connectivity index (χ4v) is 6.96. The normalized spacial score (nSPS) is 13.3. The number of benzene rings is 3. The summed E-state index contributed by atoms with van der Waals surface area (Å²) in [6.07, 6.45) is 9.07. The second kappa shape index (κ2) is 14.8. The number of hydrogen-bond acceptors (Lipinski definition) is 6. The standard InChI is InChI=1S/C44H46N2O5/c1-7-9-11-33(12-10-8-2)49-34-21-27(3)43(28(4)22-34)44(37-25-41-35(45-37)23-39(50-41)29-13-17-31(47-5)18-14-29)38-26-42-36(46-38)24-40(51-42)30-15-19-32(48-6)20-16-30/h13-26,33,45H,7-12H2,1-6H3/b44-38+. The molecule has 7 heteroatoms. The third-order valence-electron chi connectivity index (χ3n) is 9.65. The van der Waals surface area contributed by atoms with E-state index in [4.69, 9.17) is 28.0 Å². The second-order valence-electron chi connectivity index (χ2n) is 13.4. The highest BCUT2D eigenvalue weighted by Crippen LogP contribution is 2.38. The Labute approximate surface area is 299 Å². The molecule has 1 aliphatic heterocycles. The molecule has 262 valence electrons. The van der Waals surface area contributed by atoms with E-state index in [0.29, 0.717) is 0 Å². The van der Waals surface area contributed by atoms with E-state index < -0.39 is 0 Å². The lowest BCUT2D eigenvalue weighted by Gasteiger charge is -2.22. The monoisotopic (exact) mass is 682 g/mol. The van der Waals surface area contributed by atoms with Crippen LogP contribution < -0.4 is 25.0 Å². The van der Waals surface area contributed by atoms with Crippen LogP contribution in [0.15, 0.2) is 98.4 Å². The highest BCUT2D eigenvalue weighted by Gasteiger charge is 2.23. The van der Waals surface area contributed by atoms with E-state index >= 15 is 0 Å². The van der Waals surface area contributed by atoms with Crippen LogP contribution in [0.25, 0.3) is 45.4 Å². The van der Waals surface area contributed by atoms with Gasteiger partial charge in [-0.05, 0) is 104 Å². The number of fused-ring (bicyclic) bond motifs is 2. The maximum absolute atomic E-state index is 6.66. The molecule has 1 aliphatic rings. The van der Waals surface area contributed by atoms with Crippen molar-refractivity contribution in [2.75, 3.05) is 14.2 Å². The maximum atomic E-state index is 6.66.